The number of ether oxygens (including phenoxy) is 2. The number of benzene rings is 3. The van der Waals surface area contributed by atoms with Crippen LogP contribution in [0.3, 0.4) is 0 Å². The van der Waals surface area contributed by atoms with Crippen molar-refractivity contribution < 1.29 is 27.6 Å². The molecule has 0 spiro atoms. The van der Waals surface area contributed by atoms with Gasteiger partial charge in [-0.25, -0.2) is 8.42 Å². The third kappa shape index (κ3) is 5.51. The highest BCUT2D eigenvalue weighted by Gasteiger charge is 2.25. The van der Waals surface area contributed by atoms with Crippen molar-refractivity contribution in [2.24, 2.45) is 0 Å². The molecule has 3 rings (SSSR count). The zero-order valence-corrected chi connectivity index (χ0v) is 18.9. The van der Waals surface area contributed by atoms with Crippen LogP contribution < -0.4 is 19.5 Å². The summed E-state index contributed by atoms with van der Waals surface area (Å²) in [6, 6.07) is 13.8. The summed E-state index contributed by atoms with van der Waals surface area (Å²) in [6.07, 6.45) is 0. The maximum Gasteiger partial charge on any atom is 0.286 e. The van der Waals surface area contributed by atoms with Gasteiger partial charge in [0.1, 0.15) is 5.56 Å². The minimum Gasteiger partial charge on any atom is -0.493 e. The fraction of sp³-hybridized carbons (Fsp3) is 0.0952. The van der Waals surface area contributed by atoms with Crippen LogP contribution in [-0.2, 0) is 10.0 Å². The van der Waals surface area contributed by atoms with Crippen molar-refractivity contribution in [2.45, 2.75) is 4.90 Å². The number of carbonyl (C=O) groups excluding carboxylic acids is 1. The van der Waals surface area contributed by atoms with Crippen molar-refractivity contribution in [3.8, 4) is 11.5 Å². The molecule has 0 aliphatic carbocycles. The van der Waals surface area contributed by atoms with E-state index in [0.717, 1.165) is 6.07 Å². The predicted octanol–water partition coefficient (Wildman–Crippen LogP) is 4.32. The van der Waals surface area contributed by atoms with Gasteiger partial charge in [-0.15, -0.1) is 0 Å². The molecule has 1 amide bonds. The molecule has 0 bridgehead atoms. The van der Waals surface area contributed by atoms with Crippen LogP contribution in [0.2, 0.25) is 5.02 Å². The first-order chi connectivity index (χ1) is 15.6. The molecule has 0 saturated carbocycles. The number of amides is 1. The summed E-state index contributed by atoms with van der Waals surface area (Å²) in [5.74, 6) is -0.623. The second-order valence-electron chi connectivity index (χ2n) is 6.58. The van der Waals surface area contributed by atoms with Gasteiger partial charge in [0.2, 0.25) is 0 Å². The SMILES string of the molecule is COc1cc(C(=O)Nc2cccc(S(=O)(=O)Nc3ccc(Cl)cc3)c2)c([N+](=O)[O-])cc1OC. The van der Waals surface area contributed by atoms with Crippen molar-refractivity contribution in [3.05, 3.63) is 81.4 Å². The van der Waals surface area contributed by atoms with E-state index < -0.39 is 26.5 Å². The zero-order chi connectivity index (χ0) is 24.2. The van der Waals surface area contributed by atoms with E-state index in [2.05, 4.69) is 10.0 Å². The molecule has 10 nitrogen and oxygen atoms in total. The average Bonchev–Trinajstić information content (AvgIpc) is 2.79. The highest BCUT2D eigenvalue weighted by molar-refractivity contribution is 7.92. The molecule has 0 saturated heterocycles. The van der Waals surface area contributed by atoms with Crippen LogP contribution in [0.4, 0.5) is 17.1 Å². The topological polar surface area (TPSA) is 137 Å². The van der Waals surface area contributed by atoms with E-state index in [0.29, 0.717) is 10.7 Å². The molecule has 0 aromatic heterocycles. The molecule has 0 heterocycles. The predicted molar refractivity (Wildman–Crippen MR) is 123 cm³/mol. The van der Waals surface area contributed by atoms with E-state index in [9.17, 15) is 23.3 Å². The van der Waals surface area contributed by atoms with E-state index in [1.807, 2.05) is 0 Å². The van der Waals surface area contributed by atoms with E-state index >= 15 is 0 Å². The molecule has 33 heavy (non-hydrogen) atoms. The molecular weight excluding hydrogens is 474 g/mol. The van der Waals surface area contributed by atoms with Gasteiger partial charge in [-0.05, 0) is 42.5 Å². The Morgan fingerprint density at radius 3 is 2.21 bits per heavy atom. The molecule has 12 heteroatoms. The maximum atomic E-state index is 12.8. The summed E-state index contributed by atoms with van der Waals surface area (Å²) in [4.78, 5) is 23.4. The van der Waals surface area contributed by atoms with Crippen molar-refractivity contribution in [2.75, 3.05) is 24.3 Å². The Morgan fingerprint density at radius 2 is 1.61 bits per heavy atom. The zero-order valence-electron chi connectivity index (χ0n) is 17.4. The number of hydrogen-bond acceptors (Lipinski definition) is 7. The highest BCUT2D eigenvalue weighted by Crippen LogP contribution is 2.35. The van der Waals surface area contributed by atoms with Crippen LogP contribution in [0.5, 0.6) is 11.5 Å². The number of carbonyl (C=O) groups is 1. The van der Waals surface area contributed by atoms with Gasteiger partial charge >= 0.3 is 0 Å². The van der Waals surface area contributed by atoms with Crippen LogP contribution in [0.25, 0.3) is 0 Å². The number of anilines is 2. The number of rotatable bonds is 8. The Morgan fingerprint density at radius 1 is 0.970 bits per heavy atom. The summed E-state index contributed by atoms with van der Waals surface area (Å²) in [6.45, 7) is 0. The van der Waals surface area contributed by atoms with Crippen molar-refractivity contribution >= 4 is 44.6 Å². The molecule has 0 atom stereocenters. The number of nitro benzene ring substituents is 1. The van der Waals surface area contributed by atoms with Crippen molar-refractivity contribution in [3.63, 3.8) is 0 Å². The van der Waals surface area contributed by atoms with Crippen LogP contribution in [0, 0.1) is 10.1 Å². The molecule has 3 aromatic rings. The monoisotopic (exact) mass is 491 g/mol. The lowest BCUT2D eigenvalue weighted by Gasteiger charge is -2.12. The summed E-state index contributed by atoms with van der Waals surface area (Å²) in [7, 11) is -1.34. The number of nitrogens with zero attached hydrogens (tertiary/aromatic N) is 1. The Balaban J connectivity index is 1.89. The van der Waals surface area contributed by atoms with Crippen LogP contribution >= 0.6 is 11.6 Å². The van der Waals surface area contributed by atoms with Gasteiger partial charge in [-0.2, -0.15) is 0 Å². The maximum absolute atomic E-state index is 12.8. The van der Waals surface area contributed by atoms with Gasteiger partial charge in [0.25, 0.3) is 21.6 Å². The molecule has 3 aromatic carbocycles. The van der Waals surface area contributed by atoms with Crippen LogP contribution in [-0.4, -0.2) is 33.5 Å². The minimum absolute atomic E-state index is 0.0853. The van der Waals surface area contributed by atoms with Crippen molar-refractivity contribution in [1.82, 2.24) is 0 Å². The second-order valence-corrected chi connectivity index (χ2v) is 8.69. The first-order valence-corrected chi connectivity index (χ1v) is 11.1. The number of sulfonamides is 1. The van der Waals surface area contributed by atoms with Crippen LogP contribution in [0.1, 0.15) is 10.4 Å². The third-order valence-electron chi connectivity index (χ3n) is 4.44. The lowest BCUT2D eigenvalue weighted by molar-refractivity contribution is -0.385. The van der Waals surface area contributed by atoms with Crippen molar-refractivity contribution in [1.29, 1.82) is 0 Å². The number of nitro groups is 1. The first kappa shape index (κ1) is 23.8. The summed E-state index contributed by atoms with van der Waals surface area (Å²) in [5.41, 5.74) is -0.374. The van der Waals surface area contributed by atoms with Gasteiger partial charge < -0.3 is 14.8 Å². The summed E-state index contributed by atoms with van der Waals surface area (Å²) in [5, 5.41) is 14.4. The van der Waals surface area contributed by atoms with Gasteiger partial charge in [0.05, 0.1) is 30.1 Å². The van der Waals surface area contributed by atoms with Gasteiger partial charge in [0, 0.05) is 22.5 Å². The molecular formula is C21H18ClN3O7S. The van der Waals surface area contributed by atoms with E-state index in [-0.39, 0.29) is 27.6 Å². The second kappa shape index (κ2) is 9.76. The third-order valence-corrected chi connectivity index (χ3v) is 6.07. The lowest BCUT2D eigenvalue weighted by Crippen LogP contribution is -2.16. The number of hydrogen-bond donors (Lipinski definition) is 2. The Bertz CT molecular complexity index is 1310. The smallest absolute Gasteiger partial charge is 0.286 e. The fourth-order valence-electron chi connectivity index (χ4n) is 2.87. The first-order valence-electron chi connectivity index (χ1n) is 9.25. The van der Waals surface area contributed by atoms with Gasteiger partial charge in [-0.3, -0.25) is 19.6 Å². The Labute approximate surface area is 194 Å². The normalized spacial score (nSPS) is 10.9. The van der Waals surface area contributed by atoms with E-state index in [1.165, 1.54) is 68.8 Å². The molecule has 2 N–H and O–H groups in total. The Kier molecular flexibility index (Phi) is 7.04. The average molecular weight is 492 g/mol. The van der Waals surface area contributed by atoms with Gasteiger partial charge in [-0.1, -0.05) is 17.7 Å². The van der Waals surface area contributed by atoms with Crippen LogP contribution in [0.15, 0.2) is 65.6 Å². The van der Waals surface area contributed by atoms with Gasteiger partial charge in [0.15, 0.2) is 11.5 Å². The Hall–Kier alpha value is -3.83. The van der Waals surface area contributed by atoms with E-state index in [4.69, 9.17) is 21.1 Å². The number of nitrogens with one attached hydrogen (secondary N) is 2. The summed E-state index contributed by atoms with van der Waals surface area (Å²) >= 11 is 5.81. The molecule has 0 aliphatic rings. The number of halogens is 1. The molecule has 172 valence electrons. The number of methoxy groups -OCH3 is 2. The minimum atomic E-state index is -3.98. The fourth-order valence-corrected chi connectivity index (χ4v) is 4.10. The molecule has 0 aliphatic heterocycles. The molecule has 0 unspecified atom stereocenters. The quantitative estimate of drug-likeness (QED) is 0.353. The molecule has 0 radical (unpaired) electrons. The largest absolute Gasteiger partial charge is 0.493 e. The highest BCUT2D eigenvalue weighted by atomic mass is 35.5. The summed E-state index contributed by atoms with van der Waals surface area (Å²) < 4.78 is 38.0. The molecule has 0 fully saturated rings. The lowest BCUT2D eigenvalue weighted by atomic mass is 10.1. The van der Waals surface area contributed by atoms with E-state index in [1.54, 1.807) is 0 Å². The standard InChI is InChI=1S/C21H18ClN3O7S/c1-31-19-11-17(18(25(27)28)12-20(19)32-2)21(26)23-15-4-3-5-16(10-15)33(29,30)24-14-8-6-13(22)7-9-14/h3-12,24H,1-2H3,(H,23,26).